The number of carbonyl (C=O) groups excluding carboxylic acids is 2. The van der Waals surface area contributed by atoms with Crippen LogP contribution >= 0.6 is 0 Å². The van der Waals surface area contributed by atoms with Crippen molar-refractivity contribution >= 4 is 18.0 Å². The molecule has 0 spiro atoms. The van der Waals surface area contributed by atoms with Crippen molar-refractivity contribution in [1.82, 2.24) is 15.5 Å². The number of amides is 2. The highest BCUT2D eigenvalue weighted by molar-refractivity contribution is 5.91. The van der Waals surface area contributed by atoms with E-state index >= 15 is 0 Å². The Labute approximate surface area is 117 Å². The van der Waals surface area contributed by atoms with Crippen molar-refractivity contribution in [2.75, 3.05) is 33.3 Å². The zero-order valence-electron chi connectivity index (χ0n) is 11.0. The van der Waals surface area contributed by atoms with Gasteiger partial charge in [0.15, 0.2) is 5.54 Å². The van der Waals surface area contributed by atoms with E-state index in [-0.39, 0.29) is 12.0 Å². The number of methoxy groups -OCH3 is 1. The van der Waals surface area contributed by atoms with Crippen LogP contribution < -0.4 is 10.6 Å². The number of carbonyl (C=O) groups is 3. The van der Waals surface area contributed by atoms with Crippen LogP contribution in [0, 0.1) is 0 Å². The van der Waals surface area contributed by atoms with Gasteiger partial charge in [0.2, 0.25) is 0 Å². The van der Waals surface area contributed by atoms with Crippen molar-refractivity contribution in [2.45, 2.75) is 11.7 Å². The maximum absolute atomic E-state index is 11.6. The highest BCUT2D eigenvalue weighted by atomic mass is 19.4. The average Bonchev–Trinajstić information content (AvgIpc) is 2.77. The number of ether oxygens (including phenoxy) is 1. The molecule has 0 radical (unpaired) electrons. The third-order valence-corrected chi connectivity index (χ3v) is 3.03. The molecule has 0 aromatic heterocycles. The second kappa shape index (κ2) is 6.16. The lowest BCUT2D eigenvalue weighted by molar-refractivity contribution is -0.192. The number of fused-ring (bicyclic) bond motifs is 1. The summed E-state index contributed by atoms with van der Waals surface area (Å²) in [4.78, 5) is 33.5. The Morgan fingerprint density at radius 2 is 1.95 bits per heavy atom. The van der Waals surface area contributed by atoms with E-state index in [0.717, 1.165) is 0 Å². The zero-order chi connectivity index (χ0) is 16.3. The first-order valence-corrected chi connectivity index (χ1v) is 5.80. The Hall–Kier alpha value is -2.04. The molecule has 0 saturated carbocycles. The van der Waals surface area contributed by atoms with Gasteiger partial charge < -0.3 is 25.4 Å². The topological polar surface area (TPSA) is 108 Å². The molecule has 0 aliphatic carbocycles. The van der Waals surface area contributed by atoms with Gasteiger partial charge in [0.25, 0.3) is 0 Å². The summed E-state index contributed by atoms with van der Waals surface area (Å²) in [7, 11) is 1.34. The van der Waals surface area contributed by atoms with E-state index in [4.69, 9.17) is 14.6 Å². The van der Waals surface area contributed by atoms with Crippen LogP contribution in [-0.2, 0) is 14.3 Å². The molecule has 3 N–H and O–H groups in total. The molecule has 0 bridgehead atoms. The average molecular weight is 313 g/mol. The van der Waals surface area contributed by atoms with Crippen molar-refractivity contribution in [1.29, 1.82) is 0 Å². The molecule has 21 heavy (non-hydrogen) atoms. The number of hydrogen-bond donors (Lipinski definition) is 3. The Bertz CT molecular complexity index is 442. The minimum atomic E-state index is -5.08. The third-order valence-electron chi connectivity index (χ3n) is 3.03. The SMILES string of the molecule is COC(=O)C12CNCCN1C(=O)NC2.O=C(O)C(F)(F)F. The summed E-state index contributed by atoms with van der Waals surface area (Å²) >= 11 is 0. The number of rotatable bonds is 1. The fourth-order valence-electron chi connectivity index (χ4n) is 2.01. The van der Waals surface area contributed by atoms with Gasteiger partial charge in [-0.2, -0.15) is 13.2 Å². The number of esters is 1. The minimum absolute atomic E-state index is 0.183. The Balaban J connectivity index is 0.000000270. The number of piperazine rings is 1. The van der Waals surface area contributed by atoms with E-state index in [1.807, 2.05) is 0 Å². The summed E-state index contributed by atoms with van der Waals surface area (Å²) < 4.78 is 36.5. The first-order valence-electron chi connectivity index (χ1n) is 5.80. The fourth-order valence-corrected chi connectivity index (χ4v) is 2.01. The second-order valence-electron chi connectivity index (χ2n) is 4.31. The molecule has 2 amide bonds. The van der Waals surface area contributed by atoms with Gasteiger partial charge in [-0.1, -0.05) is 0 Å². The summed E-state index contributed by atoms with van der Waals surface area (Å²) in [6.45, 7) is 2.04. The van der Waals surface area contributed by atoms with Crippen LogP contribution in [0.2, 0.25) is 0 Å². The molecule has 11 heteroatoms. The first kappa shape index (κ1) is 17.0. The molecule has 1 atom stereocenters. The third kappa shape index (κ3) is 3.54. The predicted octanol–water partition coefficient (Wildman–Crippen LogP) is -0.840. The summed E-state index contributed by atoms with van der Waals surface area (Å²) in [6, 6.07) is -0.183. The monoisotopic (exact) mass is 313 g/mol. The normalized spacial score (nSPS) is 24.4. The molecular formula is C10H14F3N3O5. The fraction of sp³-hybridized carbons (Fsp3) is 0.700. The van der Waals surface area contributed by atoms with Crippen LogP contribution in [0.4, 0.5) is 18.0 Å². The molecule has 0 aromatic rings. The van der Waals surface area contributed by atoms with Crippen LogP contribution in [-0.4, -0.2) is 73.0 Å². The van der Waals surface area contributed by atoms with Gasteiger partial charge >= 0.3 is 24.1 Å². The van der Waals surface area contributed by atoms with Gasteiger partial charge in [0.1, 0.15) is 0 Å². The van der Waals surface area contributed by atoms with Gasteiger partial charge in [-0.15, -0.1) is 0 Å². The van der Waals surface area contributed by atoms with Crippen molar-refractivity contribution in [3.05, 3.63) is 0 Å². The quantitative estimate of drug-likeness (QED) is 0.545. The number of urea groups is 1. The standard InChI is InChI=1S/C8H13N3O3.C2HF3O2/c1-14-6(12)8-4-9-2-3-11(8)7(13)10-5-8;3-2(4,5)1(6)7/h9H,2-5H2,1H3,(H,10,13);(H,6,7). The van der Waals surface area contributed by atoms with Crippen LogP contribution in [0.25, 0.3) is 0 Å². The minimum Gasteiger partial charge on any atom is -0.475 e. The molecule has 2 aliphatic rings. The van der Waals surface area contributed by atoms with Crippen LogP contribution in [0.3, 0.4) is 0 Å². The summed E-state index contributed by atoms with van der Waals surface area (Å²) in [5.41, 5.74) is -0.829. The Morgan fingerprint density at radius 3 is 2.43 bits per heavy atom. The maximum atomic E-state index is 11.6. The number of nitrogens with zero attached hydrogens (tertiary/aromatic N) is 1. The highest BCUT2D eigenvalue weighted by Gasteiger charge is 2.53. The molecule has 2 aliphatic heterocycles. The van der Waals surface area contributed by atoms with Crippen molar-refractivity contribution in [3.8, 4) is 0 Å². The van der Waals surface area contributed by atoms with E-state index < -0.39 is 17.7 Å². The van der Waals surface area contributed by atoms with E-state index in [1.54, 1.807) is 4.90 Å². The van der Waals surface area contributed by atoms with Crippen molar-refractivity contribution < 1.29 is 37.4 Å². The van der Waals surface area contributed by atoms with E-state index in [1.165, 1.54) is 7.11 Å². The smallest absolute Gasteiger partial charge is 0.475 e. The van der Waals surface area contributed by atoms with Crippen LogP contribution in [0.5, 0.6) is 0 Å². The molecule has 120 valence electrons. The van der Waals surface area contributed by atoms with Gasteiger partial charge in [-0.05, 0) is 0 Å². The number of carboxylic acid groups (broad SMARTS) is 1. The van der Waals surface area contributed by atoms with Crippen LogP contribution in [0.1, 0.15) is 0 Å². The molecule has 0 aromatic carbocycles. The Kier molecular flexibility index (Phi) is 4.99. The molecule has 8 nitrogen and oxygen atoms in total. The lowest BCUT2D eigenvalue weighted by atomic mass is 9.97. The molecule has 2 heterocycles. The summed E-state index contributed by atoms with van der Waals surface area (Å²) in [6.07, 6.45) is -5.08. The van der Waals surface area contributed by atoms with Crippen molar-refractivity contribution in [3.63, 3.8) is 0 Å². The number of aliphatic carboxylic acids is 1. The van der Waals surface area contributed by atoms with Gasteiger partial charge in [0, 0.05) is 19.6 Å². The maximum Gasteiger partial charge on any atom is 0.490 e. The number of carboxylic acids is 1. The molecule has 1 unspecified atom stereocenters. The lowest BCUT2D eigenvalue weighted by Crippen LogP contribution is -2.64. The number of alkyl halides is 3. The first-order chi connectivity index (χ1) is 9.65. The van der Waals surface area contributed by atoms with Crippen LogP contribution in [0.15, 0.2) is 0 Å². The molecule has 2 rings (SSSR count). The van der Waals surface area contributed by atoms with Gasteiger partial charge in [-0.3, -0.25) is 0 Å². The van der Waals surface area contributed by atoms with E-state index in [0.29, 0.717) is 26.2 Å². The highest BCUT2D eigenvalue weighted by Crippen LogP contribution is 2.23. The van der Waals surface area contributed by atoms with E-state index in [9.17, 15) is 22.8 Å². The summed E-state index contributed by atoms with van der Waals surface area (Å²) in [5.74, 6) is -3.12. The van der Waals surface area contributed by atoms with Gasteiger partial charge in [0.05, 0.1) is 13.7 Å². The van der Waals surface area contributed by atoms with Gasteiger partial charge in [-0.25, -0.2) is 14.4 Å². The number of nitrogens with one attached hydrogen (secondary N) is 2. The molecule has 2 fully saturated rings. The molecule has 2 saturated heterocycles. The second-order valence-corrected chi connectivity index (χ2v) is 4.31. The van der Waals surface area contributed by atoms with E-state index in [2.05, 4.69) is 10.6 Å². The number of hydrogen-bond acceptors (Lipinski definition) is 5. The summed E-state index contributed by atoms with van der Waals surface area (Å²) in [5, 5.41) is 12.9. The number of halogens is 3. The Morgan fingerprint density at radius 1 is 1.38 bits per heavy atom. The van der Waals surface area contributed by atoms with Crippen molar-refractivity contribution in [2.24, 2.45) is 0 Å². The predicted molar refractivity (Wildman–Crippen MR) is 61.4 cm³/mol. The lowest BCUT2D eigenvalue weighted by Gasteiger charge is -2.38. The zero-order valence-corrected chi connectivity index (χ0v) is 11.0. The largest absolute Gasteiger partial charge is 0.490 e. The molecular weight excluding hydrogens is 299 g/mol.